The van der Waals surface area contributed by atoms with E-state index in [1.807, 2.05) is 43.0 Å². The molecule has 1 atom stereocenters. The largest absolute Gasteiger partial charge is 0.490 e. The lowest BCUT2D eigenvalue weighted by Gasteiger charge is -2.25. The Morgan fingerprint density at radius 2 is 2.00 bits per heavy atom. The molecule has 1 aromatic carbocycles. The third-order valence-electron chi connectivity index (χ3n) is 5.72. The Morgan fingerprint density at radius 3 is 2.73 bits per heavy atom. The van der Waals surface area contributed by atoms with E-state index in [0.717, 1.165) is 49.4 Å². The molecular formula is C21H27N3O2. The van der Waals surface area contributed by atoms with E-state index in [-0.39, 0.29) is 11.9 Å². The Labute approximate surface area is 154 Å². The van der Waals surface area contributed by atoms with Gasteiger partial charge in [0.15, 0.2) is 0 Å². The molecule has 1 amide bonds. The van der Waals surface area contributed by atoms with Gasteiger partial charge >= 0.3 is 0 Å². The summed E-state index contributed by atoms with van der Waals surface area (Å²) in [6.07, 6.45) is 7.03. The maximum absolute atomic E-state index is 13.2. The lowest BCUT2D eigenvalue weighted by atomic mass is 10.0. The molecule has 1 N–H and O–H groups in total. The smallest absolute Gasteiger partial charge is 0.254 e. The van der Waals surface area contributed by atoms with Crippen LogP contribution in [0.4, 0.5) is 0 Å². The number of aromatic amines is 1. The van der Waals surface area contributed by atoms with Gasteiger partial charge in [0.2, 0.25) is 0 Å². The third kappa shape index (κ3) is 3.22. The highest BCUT2D eigenvalue weighted by Crippen LogP contribution is 2.36. The number of carbonyl (C=O) groups excluding carboxylic acids is 1. The number of nitrogens with one attached hydrogen (secondary N) is 1. The summed E-state index contributed by atoms with van der Waals surface area (Å²) >= 11 is 0. The zero-order valence-electron chi connectivity index (χ0n) is 15.6. The van der Waals surface area contributed by atoms with Gasteiger partial charge in [-0.05, 0) is 70.6 Å². The van der Waals surface area contributed by atoms with Crippen molar-refractivity contribution in [3.8, 4) is 5.75 Å². The number of aromatic nitrogens is 2. The van der Waals surface area contributed by atoms with Gasteiger partial charge < -0.3 is 9.64 Å². The molecule has 1 unspecified atom stereocenters. The van der Waals surface area contributed by atoms with E-state index in [1.165, 1.54) is 18.4 Å². The Balaban J connectivity index is 1.55. The monoisotopic (exact) mass is 353 g/mol. The highest BCUT2D eigenvalue weighted by Gasteiger charge is 2.33. The van der Waals surface area contributed by atoms with E-state index < -0.39 is 0 Å². The number of amides is 1. The van der Waals surface area contributed by atoms with Gasteiger partial charge in [-0.1, -0.05) is 6.07 Å². The Kier molecular flexibility index (Phi) is 4.70. The molecule has 1 saturated carbocycles. The van der Waals surface area contributed by atoms with Crippen LogP contribution in [0.2, 0.25) is 0 Å². The molecule has 2 heterocycles. The van der Waals surface area contributed by atoms with Crippen molar-refractivity contribution in [3.05, 3.63) is 46.8 Å². The SMILES string of the molecule is Cc1n[nH]c(C)c1C1CCCN1C(=O)c1cccc(OC2CCCC2)c1. The molecule has 1 saturated heterocycles. The van der Waals surface area contributed by atoms with E-state index in [2.05, 4.69) is 10.2 Å². The number of hydrogen-bond acceptors (Lipinski definition) is 3. The van der Waals surface area contributed by atoms with Crippen LogP contribution in [-0.2, 0) is 0 Å². The van der Waals surface area contributed by atoms with Crippen molar-refractivity contribution in [1.82, 2.24) is 15.1 Å². The maximum Gasteiger partial charge on any atom is 0.254 e. The molecule has 0 bridgehead atoms. The van der Waals surface area contributed by atoms with Crippen LogP contribution in [0.5, 0.6) is 5.75 Å². The molecule has 138 valence electrons. The van der Waals surface area contributed by atoms with E-state index in [1.54, 1.807) is 0 Å². The number of benzene rings is 1. The normalized spacial score (nSPS) is 20.7. The second kappa shape index (κ2) is 7.14. The minimum absolute atomic E-state index is 0.0874. The van der Waals surface area contributed by atoms with E-state index in [9.17, 15) is 4.79 Å². The molecule has 0 radical (unpaired) electrons. The number of hydrogen-bond donors (Lipinski definition) is 1. The summed E-state index contributed by atoms with van der Waals surface area (Å²) < 4.78 is 6.08. The van der Waals surface area contributed by atoms with Crippen molar-refractivity contribution in [3.63, 3.8) is 0 Å². The lowest BCUT2D eigenvalue weighted by molar-refractivity contribution is 0.0734. The van der Waals surface area contributed by atoms with Gasteiger partial charge in [-0.2, -0.15) is 5.10 Å². The second-order valence-electron chi connectivity index (χ2n) is 7.56. The van der Waals surface area contributed by atoms with Crippen molar-refractivity contribution in [1.29, 1.82) is 0 Å². The number of ether oxygens (including phenoxy) is 1. The maximum atomic E-state index is 13.2. The first-order chi connectivity index (χ1) is 12.6. The minimum Gasteiger partial charge on any atom is -0.490 e. The second-order valence-corrected chi connectivity index (χ2v) is 7.56. The Hall–Kier alpha value is -2.30. The molecule has 1 aromatic heterocycles. The van der Waals surface area contributed by atoms with E-state index in [4.69, 9.17) is 4.74 Å². The number of likely N-dealkylation sites (tertiary alicyclic amines) is 1. The molecule has 1 aliphatic heterocycles. The van der Waals surface area contributed by atoms with Crippen LogP contribution in [0.25, 0.3) is 0 Å². The van der Waals surface area contributed by atoms with Gasteiger partial charge in [0.05, 0.1) is 17.8 Å². The first-order valence-corrected chi connectivity index (χ1v) is 9.72. The highest BCUT2D eigenvalue weighted by molar-refractivity contribution is 5.95. The van der Waals surface area contributed by atoms with Crippen molar-refractivity contribution >= 4 is 5.91 Å². The molecule has 26 heavy (non-hydrogen) atoms. The highest BCUT2D eigenvalue weighted by atomic mass is 16.5. The van der Waals surface area contributed by atoms with Gasteiger partial charge in [-0.15, -0.1) is 0 Å². The summed E-state index contributed by atoms with van der Waals surface area (Å²) in [5, 5.41) is 7.37. The van der Waals surface area contributed by atoms with Crippen LogP contribution < -0.4 is 4.74 Å². The zero-order valence-corrected chi connectivity index (χ0v) is 15.6. The van der Waals surface area contributed by atoms with Crippen LogP contribution in [0.15, 0.2) is 24.3 Å². The zero-order chi connectivity index (χ0) is 18.1. The Morgan fingerprint density at radius 1 is 1.19 bits per heavy atom. The fourth-order valence-corrected chi connectivity index (χ4v) is 4.43. The van der Waals surface area contributed by atoms with Crippen LogP contribution in [-0.4, -0.2) is 33.7 Å². The number of carbonyl (C=O) groups is 1. The summed E-state index contributed by atoms with van der Waals surface area (Å²) in [6.45, 7) is 4.84. The van der Waals surface area contributed by atoms with Gasteiger partial charge in [0.1, 0.15) is 5.75 Å². The summed E-state index contributed by atoms with van der Waals surface area (Å²) in [5.74, 6) is 0.901. The standard InChI is InChI=1S/C21H27N3O2/c1-14-20(15(2)23-22-14)19-11-6-12-24(19)21(25)16-7-5-10-18(13-16)26-17-8-3-4-9-17/h5,7,10,13,17,19H,3-4,6,8-9,11-12H2,1-2H3,(H,22,23). The molecule has 2 aromatic rings. The number of H-pyrrole nitrogens is 1. The predicted molar refractivity (Wildman–Crippen MR) is 100 cm³/mol. The van der Waals surface area contributed by atoms with Crippen LogP contribution >= 0.6 is 0 Å². The number of nitrogens with zero attached hydrogens (tertiary/aromatic N) is 2. The molecular weight excluding hydrogens is 326 g/mol. The first-order valence-electron chi connectivity index (χ1n) is 9.72. The fourth-order valence-electron chi connectivity index (χ4n) is 4.43. The van der Waals surface area contributed by atoms with Crippen molar-refractivity contribution in [2.75, 3.05) is 6.54 Å². The number of aryl methyl sites for hydroxylation is 2. The first kappa shape index (κ1) is 17.1. The molecule has 1 aliphatic carbocycles. The summed E-state index contributed by atoms with van der Waals surface area (Å²) in [6, 6.07) is 7.80. The fraction of sp³-hybridized carbons (Fsp3) is 0.524. The van der Waals surface area contributed by atoms with Crippen LogP contribution in [0, 0.1) is 13.8 Å². The van der Waals surface area contributed by atoms with E-state index in [0.29, 0.717) is 11.7 Å². The molecule has 0 spiro atoms. The van der Waals surface area contributed by atoms with Crippen molar-refractivity contribution < 1.29 is 9.53 Å². The van der Waals surface area contributed by atoms with Crippen LogP contribution in [0.1, 0.15) is 71.9 Å². The van der Waals surface area contributed by atoms with Crippen molar-refractivity contribution in [2.45, 2.75) is 64.5 Å². The molecule has 5 nitrogen and oxygen atoms in total. The van der Waals surface area contributed by atoms with Gasteiger partial charge in [-0.3, -0.25) is 9.89 Å². The van der Waals surface area contributed by atoms with Gasteiger partial charge in [0.25, 0.3) is 5.91 Å². The predicted octanol–water partition coefficient (Wildman–Crippen LogP) is 4.33. The quantitative estimate of drug-likeness (QED) is 0.890. The summed E-state index contributed by atoms with van der Waals surface area (Å²) in [7, 11) is 0. The average Bonchev–Trinajstić information content (AvgIpc) is 3.37. The number of rotatable bonds is 4. The minimum atomic E-state index is 0.0874. The topological polar surface area (TPSA) is 58.2 Å². The lowest BCUT2D eigenvalue weighted by Crippen LogP contribution is -2.31. The molecule has 2 fully saturated rings. The third-order valence-corrected chi connectivity index (χ3v) is 5.72. The summed E-state index contributed by atoms with van der Waals surface area (Å²) in [4.78, 5) is 15.2. The van der Waals surface area contributed by atoms with Gasteiger partial charge in [0, 0.05) is 23.4 Å². The average molecular weight is 353 g/mol. The van der Waals surface area contributed by atoms with E-state index >= 15 is 0 Å². The van der Waals surface area contributed by atoms with Crippen LogP contribution in [0.3, 0.4) is 0 Å². The summed E-state index contributed by atoms with van der Waals surface area (Å²) in [5.41, 5.74) is 3.94. The van der Waals surface area contributed by atoms with Gasteiger partial charge in [-0.25, -0.2) is 0 Å². The Bertz CT molecular complexity index is 773. The molecule has 5 heteroatoms. The molecule has 4 rings (SSSR count). The molecule has 2 aliphatic rings. The van der Waals surface area contributed by atoms with Crippen molar-refractivity contribution in [2.24, 2.45) is 0 Å².